The van der Waals surface area contributed by atoms with Crippen LogP contribution >= 0.6 is 24.0 Å². The van der Waals surface area contributed by atoms with E-state index in [2.05, 4.69) is 41.2 Å². The van der Waals surface area contributed by atoms with E-state index in [4.69, 9.17) is 9.47 Å². The molecule has 0 aromatic heterocycles. The highest BCUT2D eigenvalue weighted by molar-refractivity contribution is 14.0. The van der Waals surface area contributed by atoms with Crippen LogP contribution in [0.4, 0.5) is 0 Å². The van der Waals surface area contributed by atoms with Crippen molar-refractivity contribution in [2.24, 2.45) is 10.9 Å². The Hall–Kier alpha value is -1.02. The van der Waals surface area contributed by atoms with Gasteiger partial charge in [0.1, 0.15) is 5.75 Å². The average Bonchev–Trinajstić information content (AvgIpc) is 2.51. The van der Waals surface area contributed by atoms with Crippen LogP contribution in [-0.4, -0.2) is 51.8 Å². The lowest BCUT2D eigenvalue weighted by Crippen LogP contribution is -2.40. The van der Waals surface area contributed by atoms with Crippen molar-refractivity contribution in [3.8, 4) is 5.75 Å². The molecule has 0 spiro atoms. The smallest absolute Gasteiger partial charge is 0.193 e. The highest BCUT2D eigenvalue weighted by Gasteiger charge is 2.06. The molecule has 1 rings (SSSR count). The molecule has 6 heteroatoms. The second kappa shape index (κ2) is 12.4. The Bertz CT molecular complexity index is 450. The molecule has 0 atom stereocenters. The summed E-state index contributed by atoms with van der Waals surface area (Å²) in [5, 5.41) is 3.31. The van der Waals surface area contributed by atoms with Crippen LogP contribution in [0.25, 0.3) is 0 Å². The van der Waals surface area contributed by atoms with Gasteiger partial charge in [-0.2, -0.15) is 0 Å². The predicted molar refractivity (Wildman–Crippen MR) is 107 cm³/mol. The van der Waals surface area contributed by atoms with Gasteiger partial charge in [0.15, 0.2) is 5.96 Å². The second-order valence-electron chi connectivity index (χ2n) is 5.65. The maximum absolute atomic E-state index is 5.56. The third kappa shape index (κ3) is 9.00. The van der Waals surface area contributed by atoms with E-state index in [0.717, 1.165) is 31.4 Å². The largest absolute Gasteiger partial charge is 0.497 e. The van der Waals surface area contributed by atoms with Crippen molar-refractivity contribution in [3.05, 3.63) is 29.8 Å². The van der Waals surface area contributed by atoms with E-state index in [-0.39, 0.29) is 24.0 Å². The first kappa shape index (κ1) is 22.0. The van der Waals surface area contributed by atoms with Gasteiger partial charge in [-0.3, -0.25) is 4.99 Å². The number of guanidine groups is 1. The summed E-state index contributed by atoms with van der Waals surface area (Å²) in [5.41, 5.74) is 1.21. The summed E-state index contributed by atoms with van der Waals surface area (Å²) in [6, 6.07) is 8.07. The fourth-order valence-electron chi connectivity index (χ4n) is 2.02. The molecule has 132 valence electrons. The summed E-state index contributed by atoms with van der Waals surface area (Å²) in [6.45, 7) is 7.32. The standard InChI is InChI=1S/C17H29N3O2.HI/c1-14(2)13-22-11-10-19-17(18-3)20(4)12-15-6-8-16(21-5)9-7-15;/h6-9,14H,10-13H2,1-5H3,(H,18,19);1H. The minimum absolute atomic E-state index is 0. The van der Waals surface area contributed by atoms with Crippen molar-refractivity contribution in [1.82, 2.24) is 10.2 Å². The normalized spacial score (nSPS) is 11.1. The van der Waals surface area contributed by atoms with Gasteiger partial charge in [-0.15, -0.1) is 24.0 Å². The Kier molecular flexibility index (Phi) is 11.9. The molecule has 0 amide bonds. The number of benzene rings is 1. The number of methoxy groups -OCH3 is 1. The van der Waals surface area contributed by atoms with E-state index >= 15 is 0 Å². The monoisotopic (exact) mass is 435 g/mol. The van der Waals surface area contributed by atoms with Crippen molar-refractivity contribution in [1.29, 1.82) is 0 Å². The number of hydrogen-bond donors (Lipinski definition) is 1. The van der Waals surface area contributed by atoms with E-state index < -0.39 is 0 Å². The second-order valence-corrected chi connectivity index (χ2v) is 5.65. The van der Waals surface area contributed by atoms with Gasteiger partial charge in [-0.25, -0.2) is 0 Å². The highest BCUT2D eigenvalue weighted by Crippen LogP contribution is 2.12. The van der Waals surface area contributed by atoms with Crippen molar-refractivity contribution in [3.63, 3.8) is 0 Å². The zero-order valence-corrected chi connectivity index (χ0v) is 17.2. The Morgan fingerprint density at radius 2 is 1.91 bits per heavy atom. The van der Waals surface area contributed by atoms with E-state index in [1.165, 1.54) is 5.56 Å². The van der Waals surface area contributed by atoms with E-state index in [1.807, 2.05) is 19.2 Å². The molecule has 0 saturated carbocycles. The Balaban J connectivity index is 0.00000484. The molecule has 0 radical (unpaired) electrons. The SMILES string of the molecule is CN=C(NCCOCC(C)C)N(C)Cc1ccc(OC)cc1.I. The Morgan fingerprint density at radius 3 is 2.43 bits per heavy atom. The molecule has 0 aliphatic rings. The maximum Gasteiger partial charge on any atom is 0.193 e. The number of aliphatic imine (C=N–C) groups is 1. The van der Waals surface area contributed by atoms with Gasteiger partial charge in [-0.05, 0) is 23.6 Å². The lowest BCUT2D eigenvalue weighted by Gasteiger charge is -2.22. The van der Waals surface area contributed by atoms with Crippen molar-refractivity contribution in [2.45, 2.75) is 20.4 Å². The fraction of sp³-hybridized carbons (Fsp3) is 0.588. The molecule has 0 unspecified atom stereocenters. The fourth-order valence-corrected chi connectivity index (χ4v) is 2.02. The van der Waals surface area contributed by atoms with Crippen LogP contribution in [0, 0.1) is 5.92 Å². The number of hydrogen-bond acceptors (Lipinski definition) is 3. The highest BCUT2D eigenvalue weighted by atomic mass is 127. The molecular formula is C17H30IN3O2. The molecule has 23 heavy (non-hydrogen) atoms. The van der Waals surface area contributed by atoms with Crippen LogP contribution in [0.15, 0.2) is 29.3 Å². The van der Waals surface area contributed by atoms with E-state index in [0.29, 0.717) is 12.5 Å². The van der Waals surface area contributed by atoms with Crippen LogP contribution in [0.5, 0.6) is 5.75 Å². The molecule has 0 aliphatic carbocycles. The zero-order chi connectivity index (χ0) is 16.4. The summed E-state index contributed by atoms with van der Waals surface area (Å²) in [5.74, 6) is 2.30. The summed E-state index contributed by atoms with van der Waals surface area (Å²) in [7, 11) is 5.49. The maximum atomic E-state index is 5.56. The summed E-state index contributed by atoms with van der Waals surface area (Å²) >= 11 is 0. The number of rotatable bonds is 8. The minimum atomic E-state index is 0. The lowest BCUT2D eigenvalue weighted by molar-refractivity contribution is 0.114. The topological polar surface area (TPSA) is 46.1 Å². The zero-order valence-electron chi connectivity index (χ0n) is 14.8. The quantitative estimate of drug-likeness (QED) is 0.295. The van der Waals surface area contributed by atoms with Gasteiger partial charge in [0, 0.05) is 33.8 Å². The number of halogens is 1. The number of ether oxygens (including phenoxy) is 2. The van der Waals surface area contributed by atoms with Crippen LogP contribution in [0.3, 0.4) is 0 Å². The third-order valence-corrected chi connectivity index (χ3v) is 3.13. The summed E-state index contributed by atoms with van der Waals surface area (Å²) in [4.78, 5) is 6.39. The van der Waals surface area contributed by atoms with Crippen molar-refractivity contribution in [2.75, 3.05) is 41.0 Å². The third-order valence-electron chi connectivity index (χ3n) is 3.13. The van der Waals surface area contributed by atoms with Gasteiger partial charge in [0.2, 0.25) is 0 Å². The minimum Gasteiger partial charge on any atom is -0.497 e. The first-order valence-corrected chi connectivity index (χ1v) is 7.69. The molecule has 1 aromatic carbocycles. The lowest BCUT2D eigenvalue weighted by atomic mass is 10.2. The first-order valence-electron chi connectivity index (χ1n) is 7.69. The van der Waals surface area contributed by atoms with E-state index in [9.17, 15) is 0 Å². The molecule has 0 heterocycles. The first-order chi connectivity index (χ1) is 10.6. The Labute approximate surface area is 157 Å². The van der Waals surface area contributed by atoms with Crippen LogP contribution in [-0.2, 0) is 11.3 Å². The average molecular weight is 435 g/mol. The molecule has 0 aliphatic heterocycles. The van der Waals surface area contributed by atoms with Gasteiger partial charge in [-0.1, -0.05) is 26.0 Å². The molecule has 1 aromatic rings. The van der Waals surface area contributed by atoms with Gasteiger partial charge in [0.05, 0.1) is 13.7 Å². The van der Waals surface area contributed by atoms with E-state index in [1.54, 1.807) is 14.2 Å². The predicted octanol–water partition coefficient (Wildman–Crippen LogP) is 2.99. The van der Waals surface area contributed by atoms with Crippen molar-refractivity contribution >= 4 is 29.9 Å². The number of nitrogens with zero attached hydrogens (tertiary/aromatic N) is 2. The van der Waals surface area contributed by atoms with Gasteiger partial charge >= 0.3 is 0 Å². The molecule has 0 bridgehead atoms. The number of nitrogens with one attached hydrogen (secondary N) is 1. The molecule has 0 fully saturated rings. The summed E-state index contributed by atoms with van der Waals surface area (Å²) in [6.07, 6.45) is 0. The summed E-state index contributed by atoms with van der Waals surface area (Å²) < 4.78 is 10.7. The molecule has 5 nitrogen and oxygen atoms in total. The Morgan fingerprint density at radius 1 is 1.26 bits per heavy atom. The van der Waals surface area contributed by atoms with Crippen molar-refractivity contribution < 1.29 is 9.47 Å². The molecule has 1 N–H and O–H groups in total. The van der Waals surface area contributed by atoms with Crippen LogP contribution in [0.2, 0.25) is 0 Å². The molecule has 0 saturated heterocycles. The van der Waals surface area contributed by atoms with Gasteiger partial charge in [0.25, 0.3) is 0 Å². The molecular weight excluding hydrogens is 405 g/mol. The van der Waals surface area contributed by atoms with Gasteiger partial charge < -0.3 is 19.7 Å². The van der Waals surface area contributed by atoms with Crippen LogP contribution < -0.4 is 10.1 Å². The van der Waals surface area contributed by atoms with Crippen LogP contribution in [0.1, 0.15) is 19.4 Å².